The Morgan fingerprint density at radius 3 is 2.47 bits per heavy atom. The van der Waals surface area contributed by atoms with Crippen molar-refractivity contribution in [1.29, 1.82) is 0 Å². The van der Waals surface area contributed by atoms with E-state index in [1.807, 2.05) is 54.6 Å². The fourth-order valence-corrected chi connectivity index (χ4v) is 3.08. The molecule has 0 radical (unpaired) electrons. The van der Waals surface area contributed by atoms with Gasteiger partial charge in [0, 0.05) is 15.7 Å². The van der Waals surface area contributed by atoms with Crippen molar-refractivity contribution in [3.8, 4) is 0 Å². The summed E-state index contributed by atoms with van der Waals surface area (Å²) in [6.45, 7) is -0.0927. The summed E-state index contributed by atoms with van der Waals surface area (Å²) in [6.07, 6.45) is 0. The molecule has 0 heterocycles. The third kappa shape index (κ3) is 3.74. The van der Waals surface area contributed by atoms with E-state index in [1.165, 1.54) is 0 Å². The molecule has 0 spiro atoms. The van der Waals surface area contributed by atoms with Crippen molar-refractivity contribution in [1.82, 2.24) is 0 Å². The predicted molar refractivity (Wildman–Crippen MR) is 81.6 cm³/mol. The van der Waals surface area contributed by atoms with Crippen LogP contribution in [-0.2, 0) is 5.54 Å². The molecule has 0 aliphatic rings. The molecule has 2 aromatic rings. The molecule has 0 aliphatic heterocycles. The average molecular weight is 294 g/mol. The summed E-state index contributed by atoms with van der Waals surface area (Å²) in [7, 11) is 0. The molecule has 0 saturated carbocycles. The fraction of sp³-hybridized carbons (Fsp3) is 0.200. The van der Waals surface area contributed by atoms with E-state index < -0.39 is 5.54 Å². The molecule has 3 N–H and O–H groups in total. The smallest absolute Gasteiger partial charge is 0.0739 e. The van der Waals surface area contributed by atoms with E-state index in [-0.39, 0.29) is 6.61 Å². The van der Waals surface area contributed by atoms with E-state index in [4.69, 9.17) is 17.3 Å². The van der Waals surface area contributed by atoms with Crippen LogP contribution in [0.25, 0.3) is 0 Å². The van der Waals surface area contributed by atoms with Crippen LogP contribution in [0.15, 0.2) is 59.5 Å². The Hall–Kier alpha value is -1.00. The largest absolute Gasteiger partial charge is 0.394 e. The lowest BCUT2D eigenvalue weighted by atomic mass is 9.94. The summed E-state index contributed by atoms with van der Waals surface area (Å²) in [4.78, 5) is 1.05. The van der Waals surface area contributed by atoms with E-state index in [9.17, 15) is 5.11 Å². The minimum atomic E-state index is -0.742. The van der Waals surface area contributed by atoms with Crippen LogP contribution in [0.2, 0.25) is 5.02 Å². The number of aliphatic hydroxyl groups excluding tert-OH is 1. The first kappa shape index (κ1) is 14.4. The lowest BCUT2D eigenvalue weighted by Crippen LogP contribution is -2.43. The summed E-state index contributed by atoms with van der Waals surface area (Å²) in [5.41, 5.74) is 6.50. The number of nitrogens with two attached hydrogens (primary N) is 1. The first-order valence-electron chi connectivity index (χ1n) is 5.98. The number of hydrogen-bond donors (Lipinski definition) is 2. The monoisotopic (exact) mass is 293 g/mol. The van der Waals surface area contributed by atoms with Crippen LogP contribution in [0.3, 0.4) is 0 Å². The Morgan fingerprint density at radius 1 is 1.11 bits per heavy atom. The highest BCUT2D eigenvalue weighted by atomic mass is 35.5. The lowest BCUT2D eigenvalue weighted by Gasteiger charge is -2.27. The van der Waals surface area contributed by atoms with Gasteiger partial charge in [0.25, 0.3) is 0 Å². The highest BCUT2D eigenvalue weighted by molar-refractivity contribution is 7.99. The van der Waals surface area contributed by atoms with Gasteiger partial charge in [0.1, 0.15) is 0 Å². The standard InChI is InChI=1S/C15H16ClNOS/c16-13-7-4-8-14(9-13)19-11-15(17,10-18)12-5-2-1-3-6-12/h1-9,18H,10-11,17H2. The van der Waals surface area contributed by atoms with Gasteiger partial charge in [-0.3, -0.25) is 0 Å². The molecular weight excluding hydrogens is 278 g/mol. The second kappa shape index (κ2) is 6.44. The summed E-state index contributed by atoms with van der Waals surface area (Å²) < 4.78 is 0. The van der Waals surface area contributed by atoms with Crippen molar-refractivity contribution in [3.05, 3.63) is 65.2 Å². The van der Waals surface area contributed by atoms with Crippen molar-refractivity contribution in [3.63, 3.8) is 0 Å². The zero-order chi connectivity index (χ0) is 13.7. The van der Waals surface area contributed by atoms with Gasteiger partial charge in [0.2, 0.25) is 0 Å². The van der Waals surface area contributed by atoms with Crippen LogP contribution >= 0.6 is 23.4 Å². The van der Waals surface area contributed by atoms with Gasteiger partial charge in [0.05, 0.1) is 12.1 Å². The maximum atomic E-state index is 9.61. The van der Waals surface area contributed by atoms with E-state index in [2.05, 4.69) is 0 Å². The molecule has 0 saturated heterocycles. The minimum absolute atomic E-state index is 0.0927. The molecule has 19 heavy (non-hydrogen) atoms. The zero-order valence-electron chi connectivity index (χ0n) is 10.4. The molecule has 0 bridgehead atoms. The molecule has 1 atom stereocenters. The summed E-state index contributed by atoms with van der Waals surface area (Å²) >= 11 is 7.54. The second-order valence-electron chi connectivity index (χ2n) is 4.43. The van der Waals surface area contributed by atoms with Crippen molar-refractivity contribution in [2.45, 2.75) is 10.4 Å². The number of hydrogen-bond acceptors (Lipinski definition) is 3. The van der Waals surface area contributed by atoms with Gasteiger partial charge in [-0.1, -0.05) is 48.0 Å². The second-order valence-corrected chi connectivity index (χ2v) is 5.91. The Balaban J connectivity index is 2.11. The molecule has 0 fully saturated rings. The molecule has 4 heteroatoms. The van der Waals surface area contributed by atoms with Gasteiger partial charge in [-0.2, -0.15) is 0 Å². The van der Waals surface area contributed by atoms with Gasteiger partial charge in [0.15, 0.2) is 0 Å². The Bertz CT molecular complexity index is 535. The summed E-state index contributed by atoms with van der Waals surface area (Å²) in [5.74, 6) is 0.591. The fourth-order valence-electron chi connectivity index (χ4n) is 1.76. The van der Waals surface area contributed by atoms with Crippen LogP contribution in [0.1, 0.15) is 5.56 Å². The van der Waals surface area contributed by atoms with Crippen molar-refractivity contribution < 1.29 is 5.11 Å². The van der Waals surface area contributed by atoms with Gasteiger partial charge in [-0.15, -0.1) is 11.8 Å². The van der Waals surface area contributed by atoms with Gasteiger partial charge >= 0.3 is 0 Å². The molecular formula is C15H16ClNOS. The van der Waals surface area contributed by atoms with Crippen LogP contribution in [-0.4, -0.2) is 17.5 Å². The third-order valence-electron chi connectivity index (χ3n) is 2.92. The van der Waals surface area contributed by atoms with Gasteiger partial charge in [-0.25, -0.2) is 0 Å². The van der Waals surface area contributed by atoms with Crippen LogP contribution < -0.4 is 5.73 Å². The van der Waals surface area contributed by atoms with Crippen molar-refractivity contribution >= 4 is 23.4 Å². The highest BCUT2D eigenvalue weighted by Crippen LogP contribution is 2.28. The molecule has 0 aromatic heterocycles. The van der Waals surface area contributed by atoms with E-state index in [0.29, 0.717) is 10.8 Å². The summed E-state index contributed by atoms with van der Waals surface area (Å²) in [5, 5.41) is 10.3. The number of rotatable bonds is 5. The highest BCUT2D eigenvalue weighted by Gasteiger charge is 2.26. The quantitative estimate of drug-likeness (QED) is 0.832. The normalized spacial score (nSPS) is 14.1. The Kier molecular flexibility index (Phi) is 4.88. The van der Waals surface area contributed by atoms with Crippen molar-refractivity contribution in [2.24, 2.45) is 5.73 Å². The summed E-state index contributed by atoms with van der Waals surface area (Å²) in [6, 6.07) is 17.3. The van der Waals surface area contributed by atoms with Gasteiger partial charge < -0.3 is 10.8 Å². The minimum Gasteiger partial charge on any atom is -0.394 e. The van der Waals surface area contributed by atoms with Crippen molar-refractivity contribution in [2.75, 3.05) is 12.4 Å². The predicted octanol–water partition coefficient (Wildman–Crippen LogP) is 3.28. The lowest BCUT2D eigenvalue weighted by molar-refractivity contribution is 0.213. The van der Waals surface area contributed by atoms with E-state index in [1.54, 1.807) is 11.8 Å². The van der Waals surface area contributed by atoms with Gasteiger partial charge in [-0.05, 0) is 23.8 Å². The third-order valence-corrected chi connectivity index (χ3v) is 4.41. The first-order chi connectivity index (χ1) is 9.14. The molecule has 2 rings (SSSR count). The average Bonchev–Trinajstić information content (AvgIpc) is 2.46. The first-order valence-corrected chi connectivity index (χ1v) is 7.34. The number of benzene rings is 2. The number of aliphatic hydroxyl groups is 1. The Labute approximate surface area is 122 Å². The molecule has 2 aromatic carbocycles. The van der Waals surface area contributed by atoms with Crippen LogP contribution in [0, 0.1) is 0 Å². The molecule has 1 unspecified atom stereocenters. The maximum absolute atomic E-state index is 9.61. The zero-order valence-corrected chi connectivity index (χ0v) is 12.0. The molecule has 0 aliphatic carbocycles. The molecule has 0 amide bonds. The van der Waals surface area contributed by atoms with Crippen LogP contribution in [0.5, 0.6) is 0 Å². The van der Waals surface area contributed by atoms with E-state index >= 15 is 0 Å². The topological polar surface area (TPSA) is 46.2 Å². The van der Waals surface area contributed by atoms with E-state index in [0.717, 1.165) is 10.5 Å². The number of halogens is 1. The number of thioether (sulfide) groups is 1. The molecule has 100 valence electrons. The maximum Gasteiger partial charge on any atom is 0.0739 e. The Morgan fingerprint density at radius 2 is 1.84 bits per heavy atom. The molecule has 2 nitrogen and oxygen atoms in total. The SMILES string of the molecule is NC(CO)(CSc1cccc(Cl)c1)c1ccccc1. The van der Waals surface area contributed by atoms with Crippen LogP contribution in [0.4, 0.5) is 0 Å².